The second-order valence-electron chi connectivity index (χ2n) is 6.69. The van der Waals surface area contributed by atoms with Crippen molar-refractivity contribution in [2.45, 2.75) is 19.0 Å². The van der Waals surface area contributed by atoms with Crippen LogP contribution in [0.25, 0.3) is 0 Å². The largest absolute Gasteiger partial charge is 0.340 e. The number of hydrogen-bond acceptors (Lipinski definition) is 3. The molecular weight excluding hydrogens is 410 g/mol. The molecular formula is C20H20BrN3O3. The quantitative estimate of drug-likeness (QED) is 0.742. The Kier molecular flexibility index (Phi) is 5.32. The molecule has 0 radical (unpaired) electrons. The van der Waals surface area contributed by atoms with E-state index in [1.54, 1.807) is 32.2 Å². The zero-order valence-electron chi connectivity index (χ0n) is 15.1. The Morgan fingerprint density at radius 3 is 2.52 bits per heavy atom. The molecule has 0 saturated carbocycles. The maximum Gasteiger partial charge on any atom is 0.325 e. The van der Waals surface area contributed by atoms with Gasteiger partial charge in [-0.2, -0.15) is 0 Å². The number of likely N-dealkylation sites (N-methyl/N-ethyl adjacent to an activating group) is 1. The van der Waals surface area contributed by atoms with Crippen molar-refractivity contribution >= 4 is 33.8 Å². The molecule has 1 heterocycles. The van der Waals surface area contributed by atoms with E-state index in [0.29, 0.717) is 12.1 Å². The van der Waals surface area contributed by atoms with Crippen molar-refractivity contribution in [3.05, 3.63) is 70.2 Å². The smallest absolute Gasteiger partial charge is 0.325 e. The number of nitrogens with one attached hydrogen (secondary N) is 1. The van der Waals surface area contributed by atoms with Gasteiger partial charge in [0.2, 0.25) is 5.91 Å². The van der Waals surface area contributed by atoms with Crippen LogP contribution in [0, 0.1) is 0 Å². The van der Waals surface area contributed by atoms with Crippen molar-refractivity contribution in [3.63, 3.8) is 0 Å². The van der Waals surface area contributed by atoms with Crippen molar-refractivity contribution in [2.75, 3.05) is 13.6 Å². The van der Waals surface area contributed by atoms with E-state index in [0.717, 1.165) is 14.9 Å². The maximum absolute atomic E-state index is 12.9. The Labute approximate surface area is 166 Å². The summed E-state index contributed by atoms with van der Waals surface area (Å²) in [5, 5.41) is 2.71. The Bertz CT molecular complexity index is 887. The topological polar surface area (TPSA) is 69.7 Å². The molecule has 2 aromatic rings. The normalized spacial score (nSPS) is 19.1. The molecule has 2 aromatic carbocycles. The lowest BCUT2D eigenvalue weighted by Crippen LogP contribution is -2.43. The summed E-state index contributed by atoms with van der Waals surface area (Å²) in [5.74, 6) is -0.743. The first-order valence-electron chi connectivity index (χ1n) is 8.49. The summed E-state index contributed by atoms with van der Waals surface area (Å²) in [6, 6.07) is 16.2. The zero-order valence-corrected chi connectivity index (χ0v) is 16.7. The Morgan fingerprint density at radius 1 is 1.15 bits per heavy atom. The van der Waals surface area contributed by atoms with Gasteiger partial charge in [-0.05, 0) is 30.2 Å². The van der Waals surface area contributed by atoms with E-state index in [1.807, 2.05) is 36.4 Å². The van der Waals surface area contributed by atoms with Gasteiger partial charge >= 0.3 is 6.03 Å². The Morgan fingerprint density at radius 2 is 1.85 bits per heavy atom. The highest BCUT2D eigenvalue weighted by atomic mass is 79.9. The third-order valence-electron chi connectivity index (χ3n) is 4.66. The molecule has 1 unspecified atom stereocenters. The van der Waals surface area contributed by atoms with Crippen LogP contribution < -0.4 is 5.32 Å². The highest BCUT2D eigenvalue weighted by Crippen LogP contribution is 2.30. The van der Waals surface area contributed by atoms with Crippen molar-refractivity contribution in [2.24, 2.45) is 0 Å². The van der Waals surface area contributed by atoms with E-state index in [-0.39, 0.29) is 12.5 Å². The summed E-state index contributed by atoms with van der Waals surface area (Å²) in [4.78, 5) is 40.3. The summed E-state index contributed by atoms with van der Waals surface area (Å²) in [6.07, 6.45) is 0. The van der Waals surface area contributed by atoms with Gasteiger partial charge in [0.15, 0.2) is 0 Å². The molecule has 0 aliphatic carbocycles. The molecule has 1 aliphatic rings. The van der Waals surface area contributed by atoms with Gasteiger partial charge in [-0.3, -0.25) is 14.5 Å². The van der Waals surface area contributed by atoms with E-state index in [1.165, 1.54) is 4.90 Å². The maximum atomic E-state index is 12.9. The second kappa shape index (κ2) is 7.52. The van der Waals surface area contributed by atoms with Crippen LogP contribution in [0.15, 0.2) is 59.1 Å². The summed E-state index contributed by atoms with van der Waals surface area (Å²) in [5.41, 5.74) is 0.437. The summed E-state index contributed by atoms with van der Waals surface area (Å²) < 4.78 is 0.806. The minimum Gasteiger partial charge on any atom is -0.340 e. The van der Waals surface area contributed by atoms with E-state index < -0.39 is 17.5 Å². The number of amides is 4. The molecule has 140 valence electrons. The Balaban J connectivity index is 1.73. The summed E-state index contributed by atoms with van der Waals surface area (Å²) >= 11 is 3.38. The van der Waals surface area contributed by atoms with Crippen molar-refractivity contribution in [1.29, 1.82) is 0 Å². The number of imide groups is 1. The first kappa shape index (κ1) is 19.1. The van der Waals surface area contributed by atoms with Crippen LogP contribution in [0.2, 0.25) is 0 Å². The summed E-state index contributed by atoms with van der Waals surface area (Å²) in [7, 11) is 1.65. The lowest BCUT2D eigenvalue weighted by molar-refractivity contribution is -0.138. The SMILES string of the molecule is CN(Cc1ccccc1)C(=O)CN1C(=O)NC(C)(c2cccc(Br)c2)C1=O. The van der Waals surface area contributed by atoms with Gasteiger partial charge in [-0.1, -0.05) is 58.4 Å². The molecule has 3 rings (SSSR count). The number of benzene rings is 2. The number of urea groups is 1. The minimum atomic E-state index is -1.20. The molecule has 0 aromatic heterocycles. The molecule has 1 atom stereocenters. The van der Waals surface area contributed by atoms with Crippen LogP contribution in [0.4, 0.5) is 4.79 Å². The standard InChI is InChI=1S/C20H20BrN3O3/c1-20(15-9-6-10-16(21)11-15)18(26)24(19(27)22-20)13-17(25)23(2)12-14-7-4-3-5-8-14/h3-11H,12-13H2,1-2H3,(H,22,27). The van der Waals surface area contributed by atoms with E-state index in [9.17, 15) is 14.4 Å². The van der Waals surface area contributed by atoms with E-state index >= 15 is 0 Å². The lowest BCUT2D eigenvalue weighted by atomic mass is 9.92. The van der Waals surface area contributed by atoms with Gasteiger partial charge in [0.1, 0.15) is 12.1 Å². The fourth-order valence-electron chi connectivity index (χ4n) is 3.04. The minimum absolute atomic E-state index is 0.294. The van der Waals surface area contributed by atoms with E-state index in [4.69, 9.17) is 0 Å². The van der Waals surface area contributed by atoms with Crippen LogP contribution in [0.3, 0.4) is 0 Å². The highest BCUT2D eigenvalue weighted by molar-refractivity contribution is 9.10. The van der Waals surface area contributed by atoms with Gasteiger partial charge in [-0.25, -0.2) is 4.79 Å². The van der Waals surface area contributed by atoms with Crippen LogP contribution in [0.1, 0.15) is 18.1 Å². The lowest BCUT2D eigenvalue weighted by Gasteiger charge is -2.23. The van der Waals surface area contributed by atoms with Crippen LogP contribution in [-0.2, 0) is 21.7 Å². The van der Waals surface area contributed by atoms with Gasteiger partial charge in [0.25, 0.3) is 5.91 Å². The highest BCUT2D eigenvalue weighted by Gasteiger charge is 2.49. The molecule has 0 spiro atoms. The molecule has 0 bridgehead atoms. The molecule has 6 nitrogen and oxygen atoms in total. The molecule has 27 heavy (non-hydrogen) atoms. The average molecular weight is 430 g/mol. The molecule has 1 N–H and O–H groups in total. The van der Waals surface area contributed by atoms with Crippen LogP contribution >= 0.6 is 15.9 Å². The molecule has 4 amide bonds. The van der Waals surface area contributed by atoms with Gasteiger partial charge < -0.3 is 10.2 Å². The van der Waals surface area contributed by atoms with Gasteiger partial charge in [0.05, 0.1) is 0 Å². The Hall–Kier alpha value is -2.67. The predicted octanol–water partition coefficient (Wildman–Crippen LogP) is 2.87. The van der Waals surface area contributed by atoms with Crippen molar-refractivity contribution < 1.29 is 14.4 Å². The average Bonchev–Trinajstić information content (AvgIpc) is 2.86. The molecule has 1 fully saturated rings. The zero-order chi connectivity index (χ0) is 19.6. The van der Waals surface area contributed by atoms with Crippen molar-refractivity contribution in [1.82, 2.24) is 15.1 Å². The summed E-state index contributed by atoms with van der Waals surface area (Å²) in [6.45, 7) is 1.76. The number of nitrogens with zero attached hydrogens (tertiary/aromatic N) is 2. The molecule has 1 aliphatic heterocycles. The number of rotatable bonds is 5. The predicted molar refractivity (Wildman–Crippen MR) is 105 cm³/mol. The fourth-order valence-corrected chi connectivity index (χ4v) is 3.44. The molecule has 1 saturated heterocycles. The number of carbonyl (C=O) groups is 3. The number of hydrogen-bond donors (Lipinski definition) is 1. The fraction of sp³-hybridized carbons (Fsp3) is 0.250. The first-order chi connectivity index (χ1) is 12.8. The van der Waals surface area contributed by atoms with E-state index in [2.05, 4.69) is 21.2 Å². The third-order valence-corrected chi connectivity index (χ3v) is 5.15. The van der Waals surface area contributed by atoms with Gasteiger partial charge in [0, 0.05) is 18.1 Å². The van der Waals surface area contributed by atoms with Crippen LogP contribution in [0.5, 0.6) is 0 Å². The third kappa shape index (κ3) is 3.88. The number of carbonyl (C=O) groups excluding carboxylic acids is 3. The second-order valence-corrected chi connectivity index (χ2v) is 7.61. The van der Waals surface area contributed by atoms with Crippen molar-refractivity contribution in [3.8, 4) is 0 Å². The first-order valence-corrected chi connectivity index (χ1v) is 9.28. The monoisotopic (exact) mass is 429 g/mol. The molecule has 7 heteroatoms. The number of halogens is 1. The van der Waals surface area contributed by atoms with Crippen LogP contribution in [-0.4, -0.2) is 41.2 Å². The van der Waals surface area contributed by atoms with Gasteiger partial charge in [-0.15, -0.1) is 0 Å².